The second-order valence-corrected chi connectivity index (χ2v) is 4.35. The van der Waals surface area contributed by atoms with Gasteiger partial charge in [-0.1, -0.05) is 0 Å². The van der Waals surface area contributed by atoms with Crippen LogP contribution in [0, 0.1) is 0 Å². The average Bonchev–Trinajstić information content (AvgIpc) is 2.43. The second-order valence-electron chi connectivity index (χ2n) is 4.35. The van der Waals surface area contributed by atoms with E-state index in [1.807, 2.05) is 14.1 Å². The molecule has 0 atom stereocenters. The number of nitrogens with zero attached hydrogens (tertiary/aromatic N) is 1. The highest BCUT2D eigenvalue weighted by Crippen LogP contribution is 2.40. The number of hydrogen-bond acceptors (Lipinski definition) is 5. The summed E-state index contributed by atoms with van der Waals surface area (Å²) < 4.78 is 16.2. The van der Waals surface area contributed by atoms with Gasteiger partial charge in [0.2, 0.25) is 5.75 Å². The first kappa shape index (κ1) is 13.3. The number of fused-ring (bicyclic) bond motifs is 1. The monoisotopic (exact) mass is 263 g/mol. The molecule has 1 heterocycles. The van der Waals surface area contributed by atoms with Crippen LogP contribution in [-0.2, 0) is 0 Å². The van der Waals surface area contributed by atoms with Crippen molar-refractivity contribution >= 4 is 5.78 Å². The van der Waals surface area contributed by atoms with E-state index in [4.69, 9.17) is 14.2 Å². The number of ether oxygens (including phenoxy) is 3. The standard InChI is InChI=1S/C14H17NO4/c1-15(2)5-4-11(16)10-8-12(17-3)14-13(9-10)18-6-7-19-14/h4-5,8-9H,6-7H2,1-3H3/b5-4+. The smallest absolute Gasteiger partial charge is 0.203 e. The molecule has 102 valence electrons. The van der Waals surface area contributed by atoms with Gasteiger partial charge in [-0.2, -0.15) is 0 Å². The van der Waals surface area contributed by atoms with Crippen molar-refractivity contribution in [1.29, 1.82) is 0 Å². The van der Waals surface area contributed by atoms with Gasteiger partial charge < -0.3 is 19.1 Å². The van der Waals surface area contributed by atoms with Crippen molar-refractivity contribution in [1.82, 2.24) is 4.90 Å². The lowest BCUT2D eigenvalue weighted by atomic mass is 10.1. The number of hydrogen-bond donors (Lipinski definition) is 0. The maximum Gasteiger partial charge on any atom is 0.203 e. The summed E-state index contributed by atoms with van der Waals surface area (Å²) >= 11 is 0. The first-order valence-electron chi connectivity index (χ1n) is 5.98. The van der Waals surface area contributed by atoms with Gasteiger partial charge in [0.25, 0.3) is 0 Å². The van der Waals surface area contributed by atoms with Crippen LogP contribution in [0.25, 0.3) is 0 Å². The Bertz CT molecular complexity index is 491. The summed E-state index contributed by atoms with van der Waals surface area (Å²) in [4.78, 5) is 13.8. The lowest BCUT2D eigenvalue weighted by molar-refractivity contribution is 0.104. The van der Waals surface area contributed by atoms with Gasteiger partial charge in [-0.3, -0.25) is 4.79 Å². The third-order valence-electron chi connectivity index (χ3n) is 2.64. The van der Waals surface area contributed by atoms with E-state index < -0.39 is 0 Å². The summed E-state index contributed by atoms with van der Waals surface area (Å²) in [5.41, 5.74) is 0.513. The van der Waals surface area contributed by atoms with Gasteiger partial charge in [0.15, 0.2) is 17.3 Å². The third-order valence-corrected chi connectivity index (χ3v) is 2.64. The first-order valence-corrected chi connectivity index (χ1v) is 5.98. The van der Waals surface area contributed by atoms with Crippen molar-refractivity contribution in [3.05, 3.63) is 30.0 Å². The molecule has 0 N–H and O–H groups in total. The van der Waals surface area contributed by atoms with Crippen LogP contribution >= 0.6 is 0 Å². The maximum absolute atomic E-state index is 12.0. The maximum atomic E-state index is 12.0. The number of methoxy groups -OCH3 is 1. The molecule has 1 aromatic rings. The summed E-state index contributed by atoms with van der Waals surface area (Å²) in [6.45, 7) is 0.957. The van der Waals surface area contributed by atoms with Crippen molar-refractivity contribution < 1.29 is 19.0 Å². The third kappa shape index (κ3) is 2.99. The minimum absolute atomic E-state index is 0.107. The highest BCUT2D eigenvalue weighted by molar-refractivity contribution is 6.05. The molecular formula is C14H17NO4. The van der Waals surface area contributed by atoms with E-state index in [-0.39, 0.29) is 5.78 Å². The Morgan fingerprint density at radius 3 is 2.74 bits per heavy atom. The Balaban J connectivity index is 2.34. The molecule has 1 aliphatic heterocycles. The Hall–Kier alpha value is -2.17. The number of rotatable bonds is 4. The fraction of sp³-hybridized carbons (Fsp3) is 0.357. The SMILES string of the molecule is COc1cc(C(=O)/C=C/N(C)C)cc2c1OCCO2. The molecule has 5 heteroatoms. The Morgan fingerprint density at radius 1 is 1.32 bits per heavy atom. The van der Waals surface area contributed by atoms with Gasteiger partial charge in [0.1, 0.15) is 13.2 Å². The van der Waals surface area contributed by atoms with Crippen molar-refractivity contribution in [2.75, 3.05) is 34.4 Å². The number of allylic oxidation sites excluding steroid dienone is 1. The molecular weight excluding hydrogens is 246 g/mol. The van der Waals surface area contributed by atoms with Crippen molar-refractivity contribution in [3.8, 4) is 17.2 Å². The van der Waals surface area contributed by atoms with Crippen molar-refractivity contribution in [2.45, 2.75) is 0 Å². The minimum Gasteiger partial charge on any atom is -0.493 e. The van der Waals surface area contributed by atoms with Gasteiger partial charge in [-0.15, -0.1) is 0 Å². The molecule has 0 saturated heterocycles. The lowest BCUT2D eigenvalue weighted by Crippen LogP contribution is -2.16. The van der Waals surface area contributed by atoms with Gasteiger partial charge in [0.05, 0.1) is 7.11 Å². The Morgan fingerprint density at radius 2 is 2.05 bits per heavy atom. The van der Waals surface area contributed by atoms with Crippen LogP contribution in [0.2, 0.25) is 0 Å². The van der Waals surface area contributed by atoms with E-state index in [0.717, 1.165) is 0 Å². The van der Waals surface area contributed by atoms with Crippen LogP contribution in [0.15, 0.2) is 24.4 Å². The van der Waals surface area contributed by atoms with Crippen molar-refractivity contribution in [3.63, 3.8) is 0 Å². The van der Waals surface area contributed by atoms with E-state index in [1.165, 1.54) is 13.2 Å². The Labute approximate surface area is 112 Å². The van der Waals surface area contributed by atoms with Gasteiger partial charge >= 0.3 is 0 Å². The minimum atomic E-state index is -0.107. The quantitative estimate of drug-likeness (QED) is 0.611. The molecule has 0 aromatic heterocycles. The highest BCUT2D eigenvalue weighted by atomic mass is 16.6. The Kier molecular flexibility index (Phi) is 3.94. The summed E-state index contributed by atoms with van der Waals surface area (Å²) in [5, 5.41) is 0. The fourth-order valence-electron chi connectivity index (χ4n) is 1.73. The predicted octanol–water partition coefficient (Wildman–Crippen LogP) is 1.72. The summed E-state index contributed by atoms with van der Waals surface area (Å²) in [5.74, 6) is 1.51. The molecule has 5 nitrogen and oxygen atoms in total. The topological polar surface area (TPSA) is 48.0 Å². The van der Waals surface area contributed by atoms with Crippen LogP contribution in [0.3, 0.4) is 0 Å². The largest absolute Gasteiger partial charge is 0.493 e. The lowest BCUT2D eigenvalue weighted by Gasteiger charge is -2.21. The van der Waals surface area contributed by atoms with E-state index >= 15 is 0 Å². The van der Waals surface area contributed by atoms with E-state index in [0.29, 0.717) is 36.0 Å². The van der Waals surface area contributed by atoms with Crippen LogP contribution < -0.4 is 14.2 Å². The molecule has 0 spiro atoms. The molecule has 0 saturated carbocycles. The highest BCUT2D eigenvalue weighted by Gasteiger charge is 2.20. The second kappa shape index (κ2) is 5.65. The zero-order valence-electron chi connectivity index (χ0n) is 11.3. The molecule has 1 aliphatic rings. The molecule has 0 bridgehead atoms. The van der Waals surface area contributed by atoms with Crippen LogP contribution in [0.5, 0.6) is 17.2 Å². The zero-order valence-corrected chi connectivity index (χ0v) is 11.3. The van der Waals surface area contributed by atoms with E-state index in [1.54, 1.807) is 23.2 Å². The van der Waals surface area contributed by atoms with Crippen LogP contribution in [0.4, 0.5) is 0 Å². The van der Waals surface area contributed by atoms with Crippen LogP contribution in [0.1, 0.15) is 10.4 Å². The number of carbonyl (C=O) groups excluding carboxylic acids is 1. The summed E-state index contributed by atoms with van der Waals surface area (Å²) in [7, 11) is 5.25. The molecule has 0 radical (unpaired) electrons. The first-order chi connectivity index (χ1) is 9.11. The summed E-state index contributed by atoms with van der Waals surface area (Å²) in [6.07, 6.45) is 3.20. The number of ketones is 1. The molecule has 19 heavy (non-hydrogen) atoms. The predicted molar refractivity (Wildman–Crippen MR) is 71.1 cm³/mol. The fourth-order valence-corrected chi connectivity index (χ4v) is 1.73. The summed E-state index contributed by atoms with van der Waals surface area (Å²) in [6, 6.07) is 3.34. The molecule has 0 amide bonds. The van der Waals surface area contributed by atoms with Gasteiger partial charge in [-0.05, 0) is 12.1 Å². The molecule has 1 aromatic carbocycles. The van der Waals surface area contributed by atoms with E-state index in [2.05, 4.69) is 0 Å². The number of carbonyl (C=O) groups is 1. The van der Waals surface area contributed by atoms with Gasteiger partial charge in [0, 0.05) is 31.9 Å². The van der Waals surface area contributed by atoms with E-state index in [9.17, 15) is 4.79 Å². The molecule has 0 fully saturated rings. The zero-order chi connectivity index (χ0) is 13.8. The number of benzene rings is 1. The van der Waals surface area contributed by atoms with Crippen molar-refractivity contribution in [2.24, 2.45) is 0 Å². The normalized spacial score (nSPS) is 13.4. The molecule has 0 unspecified atom stereocenters. The average molecular weight is 263 g/mol. The molecule has 0 aliphatic carbocycles. The molecule has 2 rings (SSSR count). The van der Waals surface area contributed by atoms with Crippen LogP contribution in [-0.4, -0.2) is 45.1 Å². The van der Waals surface area contributed by atoms with Gasteiger partial charge in [-0.25, -0.2) is 0 Å².